The van der Waals surface area contributed by atoms with Crippen molar-refractivity contribution in [2.45, 2.75) is 51.9 Å². The van der Waals surface area contributed by atoms with E-state index in [9.17, 15) is 8.42 Å². The Balaban J connectivity index is 0.000000596. The molecule has 0 fully saturated rings. The molecule has 0 saturated heterocycles. The molecule has 0 aliphatic heterocycles. The van der Waals surface area contributed by atoms with Crippen LogP contribution >= 0.6 is 7.92 Å². The Morgan fingerprint density at radius 3 is 1.68 bits per heavy atom. The molecule has 3 aromatic carbocycles. The molecule has 0 heterocycles. The SMILES string of the molecule is CN(C)c1ccc([PH+](C(C)(C)C)C(C)(C)C)cc1.CS(=O)(=O)O.Nc1ccccc1-c1[c-]cccc1.[Pd]. The van der Waals surface area contributed by atoms with Crippen molar-refractivity contribution < 1.29 is 33.4 Å². The van der Waals surface area contributed by atoms with Gasteiger partial charge in [-0.1, -0.05) is 23.8 Å². The number of anilines is 2. The van der Waals surface area contributed by atoms with Crippen molar-refractivity contribution in [1.29, 1.82) is 0 Å². The van der Waals surface area contributed by atoms with E-state index in [-0.39, 0.29) is 20.4 Å². The second-order valence-electron chi connectivity index (χ2n) is 10.9. The fourth-order valence-corrected chi connectivity index (χ4v) is 8.70. The fraction of sp³-hybridized carbons (Fsp3) is 0.379. The minimum Gasteiger partial charge on any atom is -0.406 e. The van der Waals surface area contributed by atoms with Gasteiger partial charge in [0, 0.05) is 48.1 Å². The van der Waals surface area contributed by atoms with Crippen molar-refractivity contribution >= 4 is 34.7 Å². The van der Waals surface area contributed by atoms with Crippen LogP contribution in [0.3, 0.4) is 0 Å². The van der Waals surface area contributed by atoms with Crippen LogP contribution in [0, 0.1) is 6.07 Å². The molecule has 3 N–H and O–H groups in total. The molecule has 0 aliphatic rings. The first-order chi connectivity index (χ1) is 16.4. The van der Waals surface area contributed by atoms with E-state index in [2.05, 4.69) is 90.9 Å². The molecule has 3 rings (SSSR count). The van der Waals surface area contributed by atoms with Crippen molar-refractivity contribution in [2.75, 3.05) is 31.0 Å². The van der Waals surface area contributed by atoms with Gasteiger partial charge in [0.1, 0.15) is 0 Å². The third-order valence-electron chi connectivity index (χ3n) is 5.13. The molecule has 5 nitrogen and oxygen atoms in total. The van der Waals surface area contributed by atoms with Crippen LogP contribution in [-0.4, -0.2) is 43.6 Å². The Morgan fingerprint density at radius 1 is 0.838 bits per heavy atom. The van der Waals surface area contributed by atoms with Crippen LogP contribution in [0.5, 0.6) is 0 Å². The topological polar surface area (TPSA) is 83.6 Å². The summed E-state index contributed by atoms with van der Waals surface area (Å²) in [6, 6.07) is 27.9. The molecule has 0 atom stereocenters. The van der Waals surface area contributed by atoms with E-state index in [0.717, 1.165) is 16.8 Å². The third kappa shape index (κ3) is 13.6. The number of nitrogen functional groups attached to an aromatic ring is 1. The Morgan fingerprint density at radius 2 is 1.30 bits per heavy atom. The van der Waals surface area contributed by atoms with Crippen molar-refractivity contribution in [3.05, 3.63) is 78.9 Å². The molecule has 0 unspecified atom stereocenters. The van der Waals surface area contributed by atoms with Gasteiger partial charge in [0.25, 0.3) is 10.1 Å². The van der Waals surface area contributed by atoms with Gasteiger partial charge in [-0.3, -0.25) is 4.55 Å². The van der Waals surface area contributed by atoms with Gasteiger partial charge in [0.2, 0.25) is 0 Å². The number of rotatable bonds is 3. The second kappa shape index (κ2) is 15.0. The standard InChI is InChI=1S/C16H28NP.C12H10N.CH4O3S.Pd/c1-15(2,3)18(16(4,5)6)14-11-9-13(10-12-14)17(7)8;13-12-9-5-4-8-11(12)10-6-2-1-3-7-10;1-5(2,3)4;/h9-12H,1-8H3;1-6,8-9H,13H2;1H3,(H,2,3,4);/q;-1;;/p+1. The number of hydrogen-bond acceptors (Lipinski definition) is 4. The maximum absolute atomic E-state index is 9.19. The summed E-state index contributed by atoms with van der Waals surface area (Å²) < 4.78 is 25.9. The maximum Gasteiger partial charge on any atom is 0.261 e. The molecular weight excluding hydrogens is 594 g/mol. The van der Waals surface area contributed by atoms with Crippen LogP contribution in [0.4, 0.5) is 11.4 Å². The van der Waals surface area contributed by atoms with E-state index in [1.54, 1.807) is 5.30 Å². The molecule has 37 heavy (non-hydrogen) atoms. The van der Waals surface area contributed by atoms with Crippen LogP contribution in [-0.2, 0) is 30.5 Å². The quantitative estimate of drug-likeness (QED) is 0.114. The van der Waals surface area contributed by atoms with E-state index in [1.165, 1.54) is 5.69 Å². The molecule has 0 radical (unpaired) electrons. The summed E-state index contributed by atoms with van der Waals surface area (Å²) in [4.78, 5) is 2.16. The Hall–Kier alpha value is -1.74. The zero-order valence-electron chi connectivity index (χ0n) is 23.4. The molecule has 3 aromatic rings. The van der Waals surface area contributed by atoms with E-state index < -0.39 is 18.0 Å². The molecule has 0 aliphatic carbocycles. The van der Waals surface area contributed by atoms with Gasteiger partial charge in [-0.15, -0.1) is 35.9 Å². The van der Waals surface area contributed by atoms with E-state index >= 15 is 0 Å². The Bertz CT molecular complexity index is 1150. The molecular formula is C29H43N2O3PPdS. The summed E-state index contributed by atoms with van der Waals surface area (Å²) in [6.45, 7) is 14.3. The van der Waals surface area contributed by atoms with Crippen LogP contribution < -0.4 is 15.9 Å². The van der Waals surface area contributed by atoms with E-state index in [0.29, 0.717) is 16.6 Å². The summed E-state index contributed by atoms with van der Waals surface area (Å²) >= 11 is 0. The van der Waals surface area contributed by atoms with Crippen molar-refractivity contribution in [2.24, 2.45) is 0 Å². The second-order valence-corrected chi connectivity index (χ2v) is 16.7. The average Bonchev–Trinajstić information content (AvgIpc) is 2.72. The van der Waals surface area contributed by atoms with Gasteiger partial charge in [-0.2, -0.15) is 8.42 Å². The number of benzene rings is 3. The summed E-state index contributed by atoms with van der Waals surface area (Å²) in [5.41, 5.74) is 10.00. The smallest absolute Gasteiger partial charge is 0.261 e. The number of nitrogens with two attached hydrogens (primary N) is 1. The Labute approximate surface area is 240 Å². The first-order valence-electron chi connectivity index (χ1n) is 11.8. The summed E-state index contributed by atoms with van der Waals surface area (Å²) in [5.74, 6) is 0. The summed E-state index contributed by atoms with van der Waals surface area (Å²) in [5, 5.41) is 2.30. The predicted molar refractivity (Wildman–Crippen MR) is 161 cm³/mol. The minimum absolute atomic E-state index is 0. The van der Waals surface area contributed by atoms with Crippen LogP contribution in [0.25, 0.3) is 11.1 Å². The molecule has 0 amide bonds. The van der Waals surface area contributed by atoms with Crippen molar-refractivity contribution in [3.8, 4) is 11.1 Å². The normalized spacial score (nSPS) is 11.3. The minimum atomic E-state index is -3.67. The predicted octanol–water partition coefficient (Wildman–Crippen LogP) is 6.43. The third-order valence-corrected chi connectivity index (χ3v) is 9.04. The van der Waals surface area contributed by atoms with Gasteiger partial charge in [-0.05, 0) is 77.6 Å². The van der Waals surface area contributed by atoms with Crippen LogP contribution in [0.15, 0.2) is 72.8 Å². The summed E-state index contributed by atoms with van der Waals surface area (Å²) in [6.07, 6.45) is 0.715. The largest absolute Gasteiger partial charge is 0.406 e. The molecule has 0 bridgehead atoms. The molecule has 0 saturated carbocycles. The van der Waals surface area contributed by atoms with E-state index in [1.807, 2.05) is 48.5 Å². The Kier molecular flexibility index (Phi) is 14.3. The maximum atomic E-state index is 9.19. The van der Waals surface area contributed by atoms with Crippen LogP contribution in [0.1, 0.15) is 41.5 Å². The average molecular weight is 637 g/mol. The molecule has 8 heteroatoms. The van der Waals surface area contributed by atoms with Crippen molar-refractivity contribution in [3.63, 3.8) is 0 Å². The van der Waals surface area contributed by atoms with E-state index in [4.69, 9.17) is 10.3 Å². The molecule has 0 aromatic heterocycles. The first kappa shape index (κ1) is 35.3. The van der Waals surface area contributed by atoms with Gasteiger partial charge < -0.3 is 10.6 Å². The molecule has 0 spiro atoms. The fourth-order valence-electron chi connectivity index (χ4n) is 4.22. The number of para-hydroxylation sites is 1. The van der Waals surface area contributed by atoms with Crippen LogP contribution in [0.2, 0.25) is 0 Å². The van der Waals surface area contributed by atoms with Gasteiger partial charge in [-0.25, -0.2) is 0 Å². The zero-order chi connectivity index (χ0) is 27.7. The molecule has 208 valence electrons. The monoisotopic (exact) mass is 636 g/mol. The van der Waals surface area contributed by atoms with Gasteiger partial charge in [0.15, 0.2) is 0 Å². The van der Waals surface area contributed by atoms with Gasteiger partial charge >= 0.3 is 0 Å². The number of nitrogens with zero attached hydrogens (tertiary/aromatic N) is 1. The zero-order valence-corrected chi connectivity index (χ0v) is 26.8. The van der Waals surface area contributed by atoms with Crippen molar-refractivity contribution in [1.82, 2.24) is 0 Å². The van der Waals surface area contributed by atoms with Gasteiger partial charge in [0.05, 0.1) is 21.9 Å². The number of hydrogen-bond donors (Lipinski definition) is 2. The summed E-state index contributed by atoms with van der Waals surface area (Å²) in [7, 11) is -0.0970. The first-order valence-corrected chi connectivity index (χ1v) is 15.2.